The minimum absolute atomic E-state index is 0.0526. The summed E-state index contributed by atoms with van der Waals surface area (Å²) in [7, 11) is -3.09. The van der Waals surface area contributed by atoms with Crippen molar-refractivity contribution in [1.82, 2.24) is 10.3 Å². The second-order valence-corrected chi connectivity index (χ2v) is 7.63. The number of rotatable bonds is 6. The minimum Gasteiger partial charge on any atom is -0.477 e. The minimum atomic E-state index is -3.09. The van der Waals surface area contributed by atoms with E-state index in [9.17, 15) is 18.0 Å². The number of aromatic carboxylic acids is 1. The Labute approximate surface area is 122 Å². The third-order valence-corrected chi connectivity index (χ3v) is 4.53. The van der Waals surface area contributed by atoms with Gasteiger partial charge in [0.2, 0.25) is 0 Å². The number of carboxylic acids is 1. The lowest BCUT2D eigenvalue weighted by Crippen LogP contribution is -2.33. The predicted molar refractivity (Wildman–Crippen MR) is 74.9 cm³/mol. The lowest BCUT2D eigenvalue weighted by atomic mass is 10.1. The lowest BCUT2D eigenvalue weighted by Gasteiger charge is -2.14. The molecule has 0 aromatic carbocycles. The second kappa shape index (κ2) is 5.44. The van der Waals surface area contributed by atoms with E-state index >= 15 is 0 Å². The molecule has 1 amide bonds. The molecule has 0 spiro atoms. The molecule has 1 aromatic heterocycles. The first-order valence-electron chi connectivity index (χ1n) is 6.36. The van der Waals surface area contributed by atoms with Crippen LogP contribution in [0.25, 0.3) is 0 Å². The molecule has 21 heavy (non-hydrogen) atoms. The fraction of sp³-hybridized carbons (Fsp3) is 0.462. The molecular formula is C13H16N2O5S. The van der Waals surface area contributed by atoms with E-state index in [1.807, 2.05) is 0 Å². The monoisotopic (exact) mass is 312 g/mol. The molecule has 0 radical (unpaired) electrons. The average Bonchev–Trinajstić information content (AvgIpc) is 3.14. The zero-order valence-electron chi connectivity index (χ0n) is 11.5. The summed E-state index contributed by atoms with van der Waals surface area (Å²) in [6.07, 6.45) is 3.95. The largest absolute Gasteiger partial charge is 0.477 e. The summed E-state index contributed by atoms with van der Waals surface area (Å²) in [5.74, 6) is -1.59. The predicted octanol–water partition coefficient (Wildman–Crippen LogP) is 0.334. The summed E-state index contributed by atoms with van der Waals surface area (Å²) >= 11 is 0. The zero-order valence-corrected chi connectivity index (χ0v) is 12.3. The van der Waals surface area contributed by atoms with Gasteiger partial charge < -0.3 is 10.4 Å². The maximum absolute atomic E-state index is 12.0. The van der Waals surface area contributed by atoms with E-state index in [1.165, 1.54) is 24.6 Å². The lowest BCUT2D eigenvalue weighted by molar-refractivity contribution is 0.0690. The maximum atomic E-state index is 12.0. The molecule has 2 N–H and O–H groups in total. The van der Waals surface area contributed by atoms with E-state index in [-0.39, 0.29) is 29.0 Å². The van der Waals surface area contributed by atoms with Crippen molar-refractivity contribution in [3.05, 3.63) is 29.6 Å². The average molecular weight is 312 g/mol. The number of aromatic nitrogens is 1. The number of carboxylic acid groups (broad SMARTS) is 1. The van der Waals surface area contributed by atoms with E-state index in [1.54, 1.807) is 0 Å². The van der Waals surface area contributed by atoms with Crippen LogP contribution in [-0.2, 0) is 9.84 Å². The van der Waals surface area contributed by atoms with Gasteiger partial charge in [-0.1, -0.05) is 0 Å². The van der Waals surface area contributed by atoms with E-state index in [4.69, 9.17) is 5.11 Å². The number of nitrogens with zero attached hydrogens (tertiary/aromatic N) is 1. The molecule has 1 aliphatic rings. The molecule has 1 fully saturated rings. The number of hydrogen-bond donors (Lipinski definition) is 2. The number of hydrogen-bond acceptors (Lipinski definition) is 5. The Morgan fingerprint density at radius 3 is 2.62 bits per heavy atom. The quantitative estimate of drug-likeness (QED) is 0.783. The molecule has 1 aromatic rings. The van der Waals surface area contributed by atoms with Crippen molar-refractivity contribution in [2.24, 2.45) is 5.41 Å². The Morgan fingerprint density at radius 2 is 2.10 bits per heavy atom. The molecule has 7 nitrogen and oxygen atoms in total. The van der Waals surface area contributed by atoms with E-state index in [0.29, 0.717) is 0 Å². The zero-order chi connectivity index (χ0) is 15.7. The highest BCUT2D eigenvalue weighted by Crippen LogP contribution is 2.46. The van der Waals surface area contributed by atoms with Crippen LogP contribution in [0, 0.1) is 5.41 Å². The van der Waals surface area contributed by atoms with Crippen LogP contribution >= 0.6 is 0 Å². The van der Waals surface area contributed by atoms with Gasteiger partial charge in [-0.3, -0.25) is 4.79 Å². The van der Waals surface area contributed by atoms with Crippen LogP contribution in [-0.4, -0.2) is 48.9 Å². The van der Waals surface area contributed by atoms with Gasteiger partial charge in [0.05, 0.1) is 5.75 Å². The van der Waals surface area contributed by atoms with E-state index in [2.05, 4.69) is 10.3 Å². The SMILES string of the molecule is CS(=O)(=O)CC1(CNC(=O)c2ccnc(C(=O)O)c2)CC1. The first-order valence-corrected chi connectivity index (χ1v) is 8.42. The van der Waals surface area contributed by atoms with Crippen LogP contribution in [0.4, 0.5) is 0 Å². The molecule has 1 heterocycles. The summed E-state index contributed by atoms with van der Waals surface area (Å²) in [4.78, 5) is 26.4. The first kappa shape index (κ1) is 15.4. The highest BCUT2D eigenvalue weighted by atomic mass is 32.2. The fourth-order valence-electron chi connectivity index (χ4n) is 2.16. The highest BCUT2D eigenvalue weighted by Gasteiger charge is 2.45. The third-order valence-electron chi connectivity index (χ3n) is 3.39. The van der Waals surface area contributed by atoms with Crippen LogP contribution in [0.2, 0.25) is 0 Å². The van der Waals surface area contributed by atoms with Gasteiger partial charge >= 0.3 is 5.97 Å². The Morgan fingerprint density at radius 1 is 1.43 bits per heavy atom. The summed E-state index contributed by atoms with van der Waals surface area (Å²) < 4.78 is 22.7. The fourth-order valence-corrected chi connectivity index (χ4v) is 3.67. The summed E-state index contributed by atoms with van der Waals surface area (Å²) in [5.41, 5.74) is -0.385. The van der Waals surface area contributed by atoms with Crippen molar-refractivity contribution in [1.29, 1.82) is 0 Å². The smallest absolute Gasteiger partial charge is 0.354 e. The molecule has 1 aliphatic carbocycles. The molecule has 2 rings (SSSR count). The van der Waals surface area contributed by atoms with Crippen LogP contribution in [0.15, 0.2) is 18.3 Å². The summed E-state index contributed by atoms with van der Waals surface area (Å²) in [6.45, 7) is 0.267. The number of sulfone groups is 1. The maximum Gasteiger partial charge on any atom is 0.354 e. The molecule has 1 saturated carbocycles. The molecule has 0 atom stereocenters. The van der Waals surface area contributed by atoms with Crippen molar-refractivity contribution < 1.29 is 23.1 Å². The molecule has 0 saturated heterocycles. The topological polar surface area (TPSA) is 113 Å². The number of carbonyl (C=O) groups excluding carboxylic acids is 1. The van der Waals surface area contributed by atoms with Crippen LogP contribution in [0.3, 0.4) is 0 Å². The Hall–Kier alpha value is -1.96. The van der Waals surface area contributed by atoms with E-state index in [0.717, 1.165) is 12.8 Å². The molecule has 0 aliphatic heterocycles. The second-order valence-electron chi connectivity index (χ2n) is 5.49. The van der Waals surface area contributed by atoms with Gasteiger partial charge in [0.25, 0.3) is 5.91 Å². The van der Waals surface area contributed by atoms with Crippen LogP contribution < -0.4 is 5.32 Å². The molecule has 0 bridgehead atoms. The summed E-state index contributed by atoms with van der Waals surface area (Å²) in [5, 5.41) is 11.5. The van der Waals surface area contributed by atoms with Crippen molar-refractivity contribution in [3.63, 3.8) is 0 Å². The van der Waals surface area contributed by atoms with Gasteiger partial charge in [0.1, 0.15) is 15.5 Å². The Kier molecular flexibility index (Phi) is 3.99. The van der Waals surface area contributed by atoms with Crippen molar-refractivity contribution in [3.8, 4) is 0 Å². The number of amides is 1. The Balaban J connectivity index is 1.99. The Bertz CT molecular complexity index is 680. The summed E-state index contributed by atoms with van der Waals surface area (Å²) in [6, 6.07) is 2.60. The molecule has 8 heteroatoms. The number of nitrogens with one attached hydrogen (secondary N) is 1. The van der Waals surface area contributed by atoms with E-state index < -0.39 is 21.7 Å². The highest BCUT2D eigenvalue weighted by molar-refractivity contribution is 7.90. The first-order chi connectivity index (χ1) is 9.71. The van der Waals surface area contributed by atoms with Crippen molar-refractivity contribution in [2.75, 3.05) is 18.6 Å². The molecule has 0 unspecified atom stereocenters. The van der Waals surface area contributed by atoms with Gasteiger partial charge in [-0.2, -0.15) is 0 Å². The van der Waals surface area contributed by atoms with Crippen LogP contribution in [0.1, 0.15) is 33.7 Å². The van der Waals surface area contributed by atoms with Gasteiger partial charge in [0, 0.05) is 30.0 Å². The molecular weight excluding hydrogens is 296 g/mol. The van der Waals surface area contributed by atoms with Gasteiger partial charge in [-0.05, 0) is 25.0 Å². The van der Waals surface area contributed by atoms with Crippen molar-refractivity contribution >= 4 is 21.7 Å². The van der Waals surface area contributed by atoms with Gasteiger partial charge in [0.15, 0.2) is 0 Å². The molecule has 114 valence electrons. The van der Waals surface area contributed by atoms with Gasteiger partial charge in [-0.15, -0.1) is 0 Å². The van der Waals surface area contributed by atoms with Crippen molar-refractivity contribution in [2.45, 2.75) is 12.8 Å². The van der Waals surface area contributed by atoms with Crippen LogP contribution in [0.5, 0.6) is 0 Å². The normalized spacial score (nSPS) is 16.2. The van der Waals surface area contributed by atoms with Gasteiger partial charge in [-0.25, -0.2) is 18.2 Å². The number of carbonyl (C=O) groups is 2. The standard InChI is InChI=1S/C13H16N2O5S/c1-21(19,20)8-13(3-4-13)7-15-11(16)9-2-5-14-10(6-9)12(17)18/h2,5-6H,3-4,7-8H2,1H3,(H,15,16)(H,17,18). The number of pyridine rings is 1. The third kappa shape index (κ3) is 4.25.